The molecule has 0 aliphatic rings. The van der Waals surface area contributed by atoms with Crippen LogP contribution in [0.5, 0.6) is 0 Å². The third kappa shape index (κ3) is 2.12. The first-order chi connectivity index (χ1) is 6.69. The van der Waals surface area contributed by atoms with Gasteiger partial charge < -0.3 is 4.74 Å². The van der Waals surface area contributed by atoms with Gasteiger partial charge in [0.1, 0.15) is 5.69 Å². The van der Waals surface area contributed by atoms with E-state index in [1.54, 1.807) is 13.8 Å². The molecule has 0 N–H and O–H groups in total. The summed E-state index contributed by atoms with van der Waals surface area (Å²) in [4.78, 5) is 25.4. The fraction of sp³-hybridized carbons (Fsp3) is 0.333. The third-order valence-electron chi connectivity index (χ3n) is 1.67. The molecule has 5 nitrogen and oxygen atoms in total. The zero-order chi connectivity index (χ0) is 10.6. The Hall–Kier alpha value is -1.78. The average Bonchev–Trinajstić information content (AvgIpc) is 2.19. The van der Waals surface area contributed by atoms with E-state index in [9.17, 15) is 9.70 Å². The first-order valence-electron chi connectivity index (χ1n) is 4.16. The van der Waals surface area contributed by atoms with Crippen molar-refractivity contribution in [2.45, 2.75) is 13.8 Å². The minimum absolute atomic E-state index is 0.124. The Kier molecular flexibility index (Phi) is 3.28. The maximum Gasteiger partial charge on any atom is 0.340 e. The van der Waals surface area contributed by atoms with Crippen LogP contribution in [0.25, 0.3) is 0 Å². The van der Waals surface area contributed by atoms with Crippen LogP contribution in [0.4, 0.5) is 5.69 Å². The summed E-state index contributed by atoms with van der Waals surface area (Å²) in [7, 11) is 0. The van der Waals surface area contributed by atoms with Gasteiger partial charge in [-0.1, -0.05) is 0 Å². The van der Waals surface area contributed by atoms with E-state index >= 15 is 0 Å². The number of esters is 1. The molecular weight excluding hydrogens is 184 g/mol. The lowest BCUT2D eigenvalue weighted by atomic mass is 10.2. The van der Waals surface area contributed by atoms with Crippen molar-refractivity contribution in [2.24, 2.45) is 5.18 Å². The van der Waals surface area contributed by atoms with Gasteiger partial charge in [0, 0.05) is 0 Å². The summed E-state index contributed by atoms with van der Waals surface area (Å²) in [6.07, 6.45) is 1.31. The molecule has 0 atom stereocenters. The van der Waals surface area contributed by atoms with Gasteiger partial charge in [0.05, 0.1) is 24.1 Å². The minimum Gasteiger partial charge on any atom is -0.462 e. The summed E-state index contributed by atoms with van der Waals surface area (Å²) >= 11 is 0. The van der Waals surface area contributed by atoms with Crippen molar-refractivity contribution < 1.29 is 9.53 Å². The second kappa shape index (κ2) is 4.45. The summed E-state index contributed by atoms with van der Waals surface area (Å²) in [5, 5.41) is 2.69. The Morgan fingerprint density at radius 3 is 2.93 bits per heavy atom. The minimum atomic E-state index is -0.483. The van der Waals surface area contributed by atoms with Crippen LogP contribution in [0.15, 0.2) is 17.4 Å². The highest BCUT2D eigenvalue weighted by atomic mass is 16.5. The molecular formula is C9H10N2O3. The van der Waals surface area contributed by atoms with E-state index in [0.717, 1.165) is 0 Å². The largest absolute Gasteiger partial charge is 0.462 e. The topological polar surface area (TPSA) is 68.6 Å². The van der Waals surface area contributed by atoms with Gasteiger partial charge in [-0.3, -0.25) is 4.98 Å². The maximum atomic E-state index is 11.3. The number of hydrogen-bond donors (Lipinski definition) is 0. The highest BCUT2D eigenvalue weighted by Crippen LogP contribution is 2.15. The molecule has 0 fully saturated rings. The number of nitrogens with zero attached hydrogens (tertiary/aromatic N) is 2. The highest BCUT2D eigenvalue weighted by Gasteiger charge is 2.11. The van der Waals surface area contributed by atoms with Crippen LogP contribution in [0.1, 0.15) is 23.0 Å². The van der Waals surface area contributed by atoms with Crippen LogP contribution in [0, 0.1) is 11.8 Å². The maximum absolute atomic E-state index is 11.3. The molecule has 0 aromatic carbocycles. The number of hydrogen-bond acceptors (Lipinski definition) is 5. The van der Waals surface area contributed by atoms with Gasteiger partial charge in [-0.05, 0) is 25.1 Å². The van der Waals surface area contributed by atoms with Gasteiger partial charge in [0.2, 0.25) is 0 Å². The lowest BCUT2D eigenvalue weighted by Crippen LogP contribution is -2.07. The summed E-state index contributed by atoms with van der Waals surface area (Å²) < 4.78 is 4.79. The molecule has 1 aromatic heterocycles. The van der Waals surface area contributed by atoms with Gasteiger partial charge >= 0.3 is 5.97 Å². The first-order valence-corrected chi connectivity index (χ1v) is 4.16. The summed E-state index contributed by atoms with van der Waals surface area (Å²) in [5.74, 6) is -0.483. The second-order valence-corrected chi connectivity index (χ2v) is 2.64. The zero-order valence-electron chi connectivity index (χ0n) is 7.98. The zero-order valence-corrected chi connectivity index (χ0v) is 7.98. The third-order valence-corrected chi connectivity index (χ3v) is 1.67. The lowest BCUT2D eigenvalue weighted by Gasteiger charge is -2.03. The van der Waals surface area contributed by atoms with Crippen molar-refractivity contribution >= 4 is 11.7 Å². The van der Waals surface area contributed by atoms with E-state index in [1.165, 1.54) is 12.3 Å². The van der Waals surface area contributed by atoms with E-state index in [4.69, 9.17) is 4.74 Å². The second-order valence-electron chi connectivity index (χ2n) is 2.64. The number of nitroso groups, excluding NO2 is 1. The summed E-state index contributed by atoms with van der Waals surface area (Å²) in [5.41, 5.74) is 0.929. The molecule has 0 saturated heterocycles. The van der Waals surface area contributed by atoms with E-state index in [2.05, 4.69) is 10.2 Å². The molecule has 0 radical (unpaired) electrons. The number of pyridine rings is 1. The molecule has 0 saturated carbocycles. The number of aromatic nitrogens is 1. The molecule has 1 heterocycles. The van der Waals surface area contributed by atoms with Gasteiger partial charge in [-0.15, -0.1) is 4.91 Å². The van der Waals surface area contributed by atoms with Gasteiger partial charge in [-0.2, -0.15) is 0 Å². The van der Waals surface area contributed by atoms with Crippen molar-refractivity contribution in [1.29, 1.82) is 0 Å². The number of rotatable bonds is 3. The summed E-state index contributed by atoms with van der Waals surface area (Å²) in [6, 6.07) is 1.37. The highest BCUT2D eigenvalue weighted by molar-refractivity contribution is 5.91. The van der Waals surface area contributed by atoms with Crippen LogP contribution in [0.2, 0.25) is 0 Å². The van der Waals surface area contributed by atoms with E-state index in [1.807, 2.05) is 0 Å². The molecule has 0 aliphatic heterocycles. The summed E-state index contributed by atoms with van der Waals surface area (Å²) in [6.45, 7) is 3.67. The number of aryl methyl sites for hydroxylation is 1. The van der Waals surface area contributed by atoms with Gasteiger partial charge in [-0.25, -0.2) is 4.79 Å². The average molecular weight is 194 g/mol. The van der Waals surface area contributed by atoms with Gasteiger partial charge in [0.15, 0.2) is 0 Å². The molecule has 0 aliphatic carbocycles. The Morgan fingerprint density at radius 2 is 2.36 bits per heavy atom. The smallest absolute Gasteiger partial charge is 0.340 e. The number of carbonyl (C=O) groups is 1. The van der Waals surface area contributed by atoms with Crippen LogP contribution in [0.3, 0.4) is 0 Å². The Labute approximate surface area is 81.1 Å². The monoisotopic (exact) mass is 194 g/mol. The Balaban J connectivity index is 3.05. The van der Waals surface area contributed by atoms with Crippen LogP contribution >= 0.6 is 0 Å². The Bertz CT molecular complexity index is 363. The fourth-order valence-corrected chi connectivity index (χ4v) is 0.987. The van der Waals surface area contributed by atoms with E-state index in [-0.39, 0.29) is 17.9 Å². The quantitative estimate of drug-likeness (QED) is 0.544. The first kappa shape index (κ1) is 10.3. The van der Waals surface area contributed by atoms with Crippen LogP contribution < -0.4 is 0 Å². The molecule has 74 valence electrons. The van der Waals surface area contributed by atoms with Crippen molar-refractivity contribution in [3.05, 3.63) is 28.4 Å². The van der Waals surface area contributed by atoms with Crippen molar-refractivity contribution in [2.75, 3.05) is 6.61 Å². The molecule has 1 aromatic rings. The van der Waals surface area contributed by atoms with E-state index in [0.29, 0.717) is 5.69 Å². The molecule has 5 heteroatoms. The van der Waals surface area contributed by atoms with Crippen molar-refractivity contribution in [3.63, 3.8) is 0 Å². The molecule has 0 bridgehead atoms. The van der Waals surface area contributed by atoms with Crippen LogP contribution in [-0.4, -0.2) is 17.6 Å². The van der Waals surface area contributed by atoms with Crippen molar-refractivity contribution in [1.82, 2.24) is 4.98 Å². The molecule has 0 amide bonds. The van der Waals surface area contributed by atoms with Crippen molar-refractivity contribution in [3.8, 4) is 0 Å². The predicted octanol–water partition coefficient (Wildman–Crippen LogP) is 1.96. The lowest BCUT2D eigenvalue weighted by molar-refractivity contribution is 0.0525. The van der Waals surface area contributed by atoms with Gasteiger partial charge in [0.25, 0.3) is 0 Å². The molecule has 0 spiro atoms. The molecule has 0 unspecified atom stereocenters. The Morgan fingerprint density at radius 1 is 1.64 bits per heavy atom. The van der Waals surface area contributed by atoms with Crippen LogP contribution in [-0.2, 0) is 4.74 Å². The number of ether oxygens (including phenoxy) is 1. The SMILES string of the molecule is CCOC(=O)c1cc(N=O)cnc1C. The fourth-order valence-electron chi connectivity index (χ4n) is 0.987. The predicted molar refractivity (Wildman–Crippen MR) is 50.4 cm³/mol. The number of carbonyl (C=O) groups excluding carboxylic acids is 1. The standard InChI is InChI=1S/C9H10N2O3/c1-3-14-9(12)8-4-7(11-13)5-10-6(8)2/h4-5H,3H2,1-2H3. The normalized spacial score (nSPS) is 9.57. The molecule has 1 rings (SSSR count). The van der Waals surface area contributed by atoms with E-state index < -0.39 is 5.97 Å². The molecule has 14 heavy (non-hydrogen) atoms.